The summed E-state index contributed by atoms with van der Waals surface area (Å²) in [6.45, 7) is 10.8. The number of ether oxygens (including phenoxy) is 2. The van der Waals surface area contributed by atoms with E-state index in [9.17, 15) is 0 Å². The fourth-order valence-electron chi connectivity index (χ4n) is 2.08. The van der Waals surface area contributed by atoms with E-state index in [-0.39, 0.29) is 6.29 Å². The fourth-order valence-corrected chi connectivity index (χ4v) is 3.05. The van der Waals surface area contributed by atoms with E-state index in [1.54, 1.807) is 0 Å². The van der Waals surface area contributed by atoms with Crippen LogP contribution in [0.5, 0.6) is 0 Å². The first-order chi connectivity index (χ1) is 9.19. The molecule has 0 bridgehead atoms. The van der Waals surface area contributed by atoms with Gasteiger partial charge >= 0.3 is 0 Å². The minimum atomic E-state index is -0.0846. The Balaban J connectivity index is 2.39. The van der Waals surface area contributed by atoms with Crippen molar-refractivity contribution < 1.29 is 9.47 Å². The maximum absolute atomic E-state index is 5.56. The fraction of sp³-hybridized carbons (Fsp3) is 0.733. The first kappa shape index (κ1) is 16.6. The molecule has 1 aromatic rings. The molecular formula is C15H27NO2S. The third kappa shape index (κ3) is 6.04. The van der Waals surface area contributed by atoms with Crippen molar-refractivity contribution >= 4 is 11.3 Å². The van der Waals surface area contributed by atoms with Crippen molar-refractivity contribution in [3.63, 3.8) is 0 Å². The maximum atomic E-state index is 5.56. The van der Waals surface area contributed by atoms with E-state index >= 15 is 0 Å². The summed E-state index contributed by atoms with van der Waals surface area (Å²) in [5, 5.41) is 5.75. The molecule has 19 heavy (non-hydrogen) atoms. The van der Waals surface area contributed by atoms with Crippen LogP contribution in [0, 0.1) is 5.92 Å². The van der Waals surface area contributed by atoms with Crippen LogP contribution >= 0.6 is 11.3 Å². The predicted molar refractivity (Wildman–Crippen MR) is 81.6 cm³/mol. The summed E-state index contributed by atoms with van der Waals surface area (Å²) in [5.41, 5.74) is 0. The molecule has 0 saturated heterocycles. The van der Waals surface area contributed by atoms with Gasteiger partial charge in [-0.05, 0) is 31.2 Å². The van der Waals surface area contributed by atoms with Crippen LogP contribution in [0.1, 0.15) is 45.0 Å². The van der Waals surface area contributed by atoms with E-state index in [1.807, 2.05) is 25.2 Å². The van der Waals surface area contributed by atoms with Crippen LogP contribution in [0.4, 0.5) is 0 Å². The van der Waals surface area contributed by atoms with Crippen LogP contribution < -0.4 is 5.32 Å². The topological polar surface area (TPSA) is 30.5 Å². The molecule has 0 amide bonds. The van der Waals surface area contributed by atoms with Gasteiger partial charge in [0.2, 0.25) is 0 Å². The smallest absolute Gasteiger partial charge is 0.158 e. The molecule has 4 heteroatoms. The zero-order valence-electron chi connectivity index (χ0n) is 12.5. The van der Waals surface area contributed by atoms with Crippen molar-refractivity contribution in [1.29, 1.82) is 0 Å². The Morgan fingerprint density at radius 3 is 2.37 bits per heavy atom. The van der Waals surface area contributed by atoms with Crippen molar-refractivity contribution in [2.75, 3.05) is 19.8 Å². The lowest BCUT2D eigenvalue weighted by Gasteiger charge is -2.23. The van der Waals surface area contributed by atoms with Crippen LogP contribution in [-0.2, 0) is 9.47 Å². The summed E-state index contributed by atoms with van der Waals surface area (Å²) >= 11 is 1.81. The van der Waals surface area contributed by atoms with Crippen molar-refractivity contribution in [3.05, 3.63) is 22.4 Å². The lowest BCUT2D eigenvalue weighted by molar-refractivity contribution is -0.138. The third-order valence-corrected chi connectivity index (χ3v) is 3.92. The highest BCUT2D eigenvalue weighted by molar-refractivity contribution is 7.10. The summed E-state index contributed by atoms with van der Waals surface area (Å²) in [7, 11) is 0. The Kier molecular flexibility index (Phi) is 8.30. The molecule has 0 aromatic carbocycles. The number of hydrogen-bond donors (Lipinski definition) is 1. The SMILES string of the molecule is CCOC(CCNC(c1cccs1)C(C)C)OCC. The molecule has 1 N–H and O–H groups in total. The summed E-state index contributed by atoms with van der Waals surface area (Å²) in [6.07, 6.45) is 0.801. The number of hydrogen-bond acceptors (Lipinski definition) is 4. The highest BCUT2D eigenvalue weighted by atomic mass is 32.1. The van der Waals surface area contributed by atoms with E-state index in [0.29, 0.717) is 25.2 Å². The Morgan fingerprint density at radius 1 is 1.21 bits per heavy atom. The Bertz CT molecular complexity index is 308. The number of nitrogens with one attached hydrogen (secondary N) is 1. The molecule has 1 atom stereocenters. The molecule has 0 aliphatic carbocycles. The quantitative estimate of drug-likeness (QED) is 0.663. The molecule has 0 radical (unpaired) electrons. The number of thiophene rings is 1. The largest absolute Gasteiger partial charge is 0.353 e. The molecule has 3 nitrogen and oxygen atoms in total. The van der Waals surface area contributed by atoms with Gasteiger partial charge in [-0.1, -0.05) is 19.9 Å². The molecule has 1 unspecified atom stereocenters. The van der Waals surface area contributed by atoms with Crippen LogP contribution in [-0.4, -0.2) is 26.0 Å². The van der Waals surface area contributed by atoms with Crippen molar-refractivity contribution in [2.45, 2.75) is 46.4 Å². The Morgan fingerprint density at radius 2 is 1.89 bits per heavy atom. The van der Waals surface area contributed by atoms with E-state index in [4.69, 9.17) is 9.47 Å². The normalized spacial score (nSPS) is 13.4. The van der Waals surface area contributed by atoms with E-state index in [2.05, 4.69) is 36.7 Å². The zero-order chi connectivity index (χ0) is 14.1. The predicted octanol–water partition coefficient (Wildman–Crippen LogP) is 3.82. The lowest BCUT2D eigenvalue weighted by atomic mass is 10.0. The van der Waals surface area contributed by atoms with E-state index in [1.165, 1.54) is 4.88 Å². The summed E-state index contributed by atoms with van der Waals surface area (Å²) < 4.78 is 11.1. The van der Waals surface area contributed by atoms with Gasteiger partial charge in [-0.3, -0.25) is 0 Å². The molecule has 0 spiro atoms. The van der Waals surface area contributed by atoms with Gasteiger partial charge in [0.05, 0.1) is 0 Å². The molecule has 110 valence electrons. The van der Waals surface area contributed by atoms with Gasteiger partial charge in [-0.2, -0.15) is 0 Å². The van der Waals surface area contributed by atoms with Crippen LogP contribution in [0.25, 0.3) is 0 Å². The first-order valence-electron chi connectivity index (χ1n) is 7.19. The van der Waals surface area contributed by atoms with Gasteiger partial charge in [-0.15, -0.1) is 11.3 Å². The molecule has 0 saturated carbocycles. The second kappa shape index (κ2) is 9.48. The van der Waals surface area contributed by atoms with Gasteiger partial charge in [0.1, 0.15) is 0 Å². The van der Waals surface area contributed by atoms with Crippen molar-refractivity contribution in [2.24, 2.45) is 5.92 Å². The van der Waals surface area contributed by atoms with Crippen LogP contribution in [0.2, 0.25) is 0 Å². The summed E-state index contributed by atoms with van der Waals surface area (Å²) in [6, 6.07) is 4.73. The van der Waals surface area contributed by atoms with Crippen molar-refractivity contribution in [3.8, 4) is 0 Å². The molecule has 1 rings (SSSR count). The van der Waals surface area contributed by atoms with Gasteiger partial charge in [-0.25, -0.2) is 0 Å². The average Bonchev–Trinajstić information content (AvgIpc) is 2.88. The first-order valence-corrected chi connectivity index (χ1v) is 8.06. The van der Waals surface area contributed by atoms with E-state index in [0.717, 1.165) is 13.0 Å². The van der Waals surface area contributed by atoms with Gasteiger partial charge in [0, 0.05) is 37.1 Å². The minimum absolute atomic E-state index is 0.0846. The minimum Gasteiger partial charge on any atom is -0.353 e. The summed E-state index contributed by atoms with van der Waals surface area (Å²) in [5.74, 6) is 0.580. The average molecular weight is 285 g/mol. The van der Waals surface area contributed by atoms with E-state index < -0.39 is 0 Å². The molecule has 0 aliphatic rings. The molecule has 0 fully saturated rings. The highest BCUT2D eigenvalue weighted by Crippen LogP contribution is 2.25. The molecular weight excluding hydrogens is 258 g/mol. The number of rotatable bonds is 10. The third-order valence-electron chi connectivity index (χ3n) is 2.97. The standard InChI is InChI=1S/C15H27NO2S/c1-5-17-14(18-6-2)9-10-16-15(12(3)4)13-8-7-11-19-13/h7-8,11-12,14-16H,5-6,9-10H2,1-4H3. The lowest BCUT2D eigenvalue weighted by Crippen LogP contribution is -2.30. The van der Waals surface area contributed by atoms with Gasteiger partial charge in [0.25, 0.3) is 0 Å². The van der Waals surface area contributed by atoms with Gasteiger partial charge in [0.15, 0.2) is 6.29 Å². The summed E-state index contributed by atoms with van der Waals surface area (Å²) in [4.78, 5) is 1.40. The van der Waals surface area contributed by atoms with Gasteiger partial charge < -0.3 is 14.8 Å². The monoisotopic (exact) mass is 285 g/mol. The second-order valence-corrected chi connectivity index (χ2v) is 5.80. The van der Waals surface area contributed by atoms with Crippen LogP contribution in [0.15, 0.2) is 17.5 Å². The van der Waals surface area contributed by atoms with Crippen molar-refractivity contribution in [1.82, 2.24) is 5.32 Å². The molecule has 1 aromatic heterocycles. The molecule has 0 aliphatic heterocycles. The maximum Gasteiger partial charge on any atom is 0.158 e. The highest BCUT2D eigenvalue weighted by Gasteiger charge is 2.17. The Labute approximate surface area is 121 Å². The zero-order valence-corrected chi connectivity index (χ0v) is 13.3. The van der Waals surface area contributed by atoms with Crippen LogP contribution in [0.3, 0.4) is 0 Å². The second-order valence-electron chi connectivity index (χ2n) is 4.82. The molecule has 1 heterocycles. The Hall–Kier alpha value is -0.420.